The van der Waals surface area contributed by atoms with Crippen molar-refractivity contribution in [3.63, 3.8) is 0 Å². The third kappa shape index (κ3) is 4.53. The zero-order chi connectivity index (χ0) is 24.5. The predicted octanol–water partition coefficient (Wildman–Crippen LogP) is 4.85. The Kier molecular flexibility index (Phi) is 5.84. The molecule has 5 rings (SSSR count). The molecule has 0 atom stereocenters. The first-order chi connectivity index (χ1) is 16.9. The predicted molar refractivity (Wildman–Crippen MR) is 130 cm³/mol. The van der Waals surface area contributed by atoms with Crippen LogP contribution in [-0.4, -0.2) is 25.6 Å². The Morgan fingerprint density at radius 1 is 1.09 bits per heavy atom. The molecule has 0 unspecified atom stereocenters. The standard InChI is InChI=1S/C25H17ClFN5O3/c1-14-6-11-17-22(34)18(25-30-23(31-35-25)15-7-9-16(26)10-8-15)12-32(24(17)28-14)13-21(33)29-20-5-3-2-4-19(20)27/h2-12H,13H2,1H3,(H,29,33). The number of benzene rings is 2. The van der Waals surface area contributed by atoms with Gasteiger partial charge in [0, 0.05) is 22.5 Å². The van der Waals surface area contributed by atoms with Crippen molar-refractivity contribution in [2.24, 2.45) is 0 Å². The van der Waals surface area contributed by atoms with Crippen LogP contribution >= 0.6 is 11.6 Å². The number of para-hydroxylation sites is 1. The van der Waals surface area contributed by atoms with E-state index in [9.17, 15) is 14.0 Å². The van der Waals surface area contributed by atoms with E-state index in [-0.39, 0.29) is 40.3 Å². The van der Waals surface area contributed by atoms with Crippen LogP contribution in [0.3, 0.4) is 0 Å². The number of rotatable bonds is 5. The first-order valence-corrected chi connectivity index (χ1v) is 10.9. The summed E-state index contributed by atoms with van der Waals surface area (Å²) in [6.45, 7) is 1.55. The van der Waals surface area contributed by atoms with Gasteiger partial charge in [0.1, 0.15) is 23.6 Å². The fraction of sp³-hybridized carbons (Fsp3) is 0.0800. The maximum Gasteiger partial charge on any atom is 0.263 e. The monoisotopic (exact) mass is 489 g/mol. The molecule has 0 aliphatic heterocycles. The smallest absolute Gasteiger partial charge is 0.263 e. The number of nitrogens with zero attached hydrogens (tertiary/aromatic N) is 4. The topological polar surface area (TPSA) is 103 Å². The summed E-state index contributed by atoms with van der Waals surface area (Å²) in [5, 5.41) is 7.35. The van der Waals surface area contributed by atoms with Crippen LogP contribution in [0.25, 0.3) is 33.9 Å². The average molecular weight is 490 g/mol. The van der Waals surface area contributed by atoms with E-state index in [0.717, 1.165) is 0 Å². The number of hydrogen-bond acceptors (Lipinski definition) is 6. The van der Waals surface area contributed by atoms with E-state index in [2.05, 4.69) is 20.4 Å². The van der Waals surface area contributed by atoms with Gasteiger partial charge >= 0.3 is 0 Å². The highest BCUT2D eigenvalue weighted by atomic mass is 35.5. The molecule has 0 radical (unpaired) electrons. The number of nitrogens with one attached hydrogen (secondary N) is 1. The Morgan fingerprint density at radius 2 is 1.86 bits per heavy atom. The summed E-state index contributed by atoms with van der Waals surface area (Å²) in [5.41, 5.74) is 1.42. The lowest BCUT2D eigenvalue weighted by Gasteiger charge is -2.12. The highest BCUT2D eigenvalue weighted by Crippen LogP contribution is 2.23. The van der Waals surface area contributed by atoms with Gasteiger partial charge in [-0.25, -0.2) is 9.37 Å². The molecule has 2 aromatic carbocycles. The van der Waals surface area contributed by atoms with Crippen molar-refractivity contribution in [3.8, 4) is 22.8 Å². The molecular weight excluding hydrogens is 473 g/mol. The quantitative estimate of drug-likeness (QED) is 0.378. The molecule has 1 amide bonds. The molecule has 0 aliphatic rings. The summed E-state index contributed by atoms with van der Waals surface area (Å²) in [6, 6.07) is 16.0. The van der Waals surface area contributed by atoms with E-state index in [0.29, 0.717) is 21.9 Å². The van der Waals surface area contributed by atoms with Crippen molar-refractivity contribution in [1.29, 1.82) is 0 Å². The third-order valence-corrected chi connectivity index (χ3v) is 5.53. The van der Waals surface area contributed by atoms with Gasteiger partial charge in [0.15, 0.2) is 0 Å². The molecule has 8 nitrogen and oxygen atoms in total. The van der Waals surface area contributed by atoms with E-state index >= 15 is 0 Å². The number of amides is 1. The fourth-order valence-corrected chi connectivity index (χ4v) is 3.71. The Labute approximate surface area is 203 Å². The second kappa shape index (κ2) is 9.11. The van der Waals surface area contributed by atoms with Gasteiger partial charge in [-0.1, -0.05) is 28.9 Å². The number of aromatic nitrogens is 4. The van der Waals surface area contributed by atoms with Crippen molar-refractivity contribution >= 4 is 34.2 Å². The van der Waals surface area contributed by atoms with Crippen molar-refractivity contribution < 1.29 is 13.7 Å². The van der Waals surface area contributed by atoms with Crippen LogP contribution in [0.1, 0.15) is 5.69 Å². The minimum atomic E-state index is -0.555. The van der Waals surface area contributed by atoms with E-state index in [1.807, 2.05) is 0 Å². The second-order valence-electron chi connectivity index (χ2n) is 7.78. The molecule has 3 aromatic heterocycles. The number of anilines is 1. The molecule has 0 spiro atoms. The summed E-state index contributed by atoms with van der Waals surface area (Å²) in [7, 11) is 0. The molecule has 0 aliphatic carbocycles. The second-order valence-corrected chi connectivity index (χ2v) is 8.22. The summed E-state index contributed by atoms with van der Waals surface area (Å²) in [6.07, 6.45) is 1.44. The van der Waals surface area contributed by atoms with Crippen LogP contribution in [-0.2, 0) is 11.3 Å². The van der Waals surface area contributed by atoms with Gasteiger partial charge in [-0.3, -0.25) is 9.59 Å². The first-order valence-electron chi connectivity index (χ1n) is 10.5. The molecule has 1 N–H and O–H groups in total. The Bertz CT molecular complexity index is 1630. The van der Waals surface area contributed by atoms with Crippen LogP contribution < -0.4 is 10.7 Å². The molecule has 3 heterocycles. The first kappa shape index (κ1) is 22.4. The van der Waals surface area contributed by atoms with Gasteiger partial charge in [0.05, 0.1) is 11.1 Å². The minimum Gasteiger partial charge on any atom is -0.333 e. The highest BCUT2D eigenvalue weighted by Gasteiger charge is 2.19. The van der Waals surface area contributed by atoms with E-state index in [4.69, 9.17) is 16.1 Å². The maximum absolute atomic E-state index is 14.0. The lowest BCUT2D eigenvalue weighted by molar-refractivity contribution is -0.116. The minimum absolute atomic E-state index is 0.00862. The zero-order valence-electron chi connectivity index (χ0n) is 18.3. The Balaban J connectivity index is 1.56. The normalized spacial score (nSPS) is 11.1. The largest absolute Gasteiger partial charge is 0.333 e. The number of carbonyl (C=O) groups is 1. The third-order valence-electron chi connectivity index (χ3n) is 5.28. The fourth-order valence-electron chi connectivity index (χ4n) is 3.59. The van der Waals surface area contributed by atoms with Crippen molar-refractivity contribution in [2.75, 3.05) is 5.32 Å². The molecule has 0 bridgehead atoms. The van der Waals surface area contributed by atoms with Crippen LogP contribution in [0.15, 0.2) is 76.2 Å². The van der Waals surface area contributed by atoms with Gasteiger partial charge in [-0.05, 0) is 55.5 Å². The molecule has 0 saturated heterocycles. The molecule has 35 heavy (non-hydrogen) atoms. The van der Waals surface area contributed by atoms with Gasteiger partial charge in [-0.2, -0.15) is 4.98 Å². The highest BCUT2D eigenvalue weighted by molar-refractivity contribution is 6.30. The van der Waals surface area contributed by atoms with Crippen molar-refractivity contribution in [3.05, 3.63) is 93.6 Å². The maximum atomic E-state index is 14.0. The number of aryl methyl sites for hydroxylation is 1. The average Bonchev–Trinajstić information content (AvgIpc) is 3.33. The van der Waals surface area contributed by atoms with Crippen molar-refractivity contribution in [2.45, 2.75) is 13.5 Å². The van der Waals surface area contributed by atoms with Gasteiger partial charge in [0.25, 0.3) is 5.89 Å². The van der Waals surface area contributed by atoms with Crippen molar-refractivity contribution in [1.82, 2.24) is 19.7 Å². The van der Waals surface area contributed by atoms with Gasteiger partial charge < -0.3 is 14.4 Å². The molecular formula is C25H17ClFN5O3. The van der Waals surface area contributed by atoms with Crippen LogP contribution in [0.2, 0.25) is 5.02 Å². The summed E-state index contributed by atoms with van der Waals surface area (Å²) >= 11 is 5.94. The lowest BCUT2D eigenvalue weighted by Crippen LogP contribution is -2.22. The van der Waals surface area contributed by atoms with Gasteiger partial charge in [-0.15, -0.1) is 0 Å². The molecule has 10 heteroatoms. The van der Waals surface area contributed by atoms with E-state index in [1.165, 1.54) is 29.0 Å². The molecule has 0 saturated carbocycles. The van der Waals surface area contributed by atoms with Crippen LogP contribution in [0, 0.1) is 12.7 Å². The molecule has 174 valence electrons. The number of carbonyl (C=O) groups excluding carboxylic acids is 1. The Hall–Kier alpha value is -4.37. The Morgan fingerprint density at radius 3 is 2.63 bits per heavy atom. The summed E-state index contributed by atoms with van der Waals surface area (Å²) < 4.78 is 20.9. The zero-order valence-corrected chi connectivity index (χ0v) is 19.1. The van der Waals surface area contributed by atoms with E-state index < -0.39 is 11.7 Å². The number of halogens is 2. The summed E-state index contributed by atoms with van der Waals surface area (Å²) in [4.78, 5) is 34.8. The number of pyridine rings is 2. The van der Waals surface area contributed by atoms with Crippen LogP contribution in [0.4, 0.5) is 10.1 Å². The van der Waals surface area contributed by atoms with Crippen LogP contribution in [0.5, 0.6) is 0 Å². The van der Waals surface area contributed by atoms with E-state index in [1.54, 1.807) is 49.4 Å². The SMILES string of the molecule is Cc1ccc2c(=O)c(-c3nc(-c4ccc(Cl)cc4)no3)cn(CC(=O)Nc3ccccc3F)c2n1. The number of fused-ring (bicyclic) bond motifs is 1. The number of hydrogen-bond donors (Lipinski definition) is 1. The summed E-state index contributed by atoms with van der Waals surface area (Å²) in [5.74, 6) is -0.782. The van der Waals surface area contributed by atoms with Gasteiger partial charge in [0.2, 0.25) is 17.2 Å². The molecule has 0 fully saturated rings. The lowest BCUT2D eigenvalue weighted by atomic mass is 10.1. The molecule has 5 aromatic rings.